The Morgan fingerprint density at radius 3 is 2.54 bits per heavy atom. The van der Waals surface area contributed by atoms with E-state index < -0.39 is 0 Å². The van der Waals surface area contributed by atoms with E-state index in [2.05, 4.69) is 15.2 Å². The minimum absolute atomic E-state index is 0.0735. The molecule has 132 valence electrons. The summed E-state index contributed by atoms with van der Waals surface area (Å²) in [7, 11) is 0. The van der Waals surface area contributed by atoms with Crippen molar-refractivity contribution >= 4 is 17.6 Å². The molecule has 0 saturated carbocycles. The molecule has 2 amide bonds. The molecule has 0 aliphatic carbocycles. The highest BCUT2D eigenvalue weighted by atomic mass is 16.2. The van der Waals surface area contributed by atoms with Gasteiger partial charge in [0.05, 0.1) is 0 Å². The fourth-order valence-electron chi connectivity index (χ4n) is 2.58. The van der Waals surface area contributed by atoms with Crippen LogP contribution in [0, 0.1) is 5.92 Å². The van der Waals surface area contributed by atoms with Crippen LogP contribution in [0.5, 0.6) is 0 Å². The molecule has 7 nitrogen and oxygen atoms in total. The first kappa shape index (κ1) is 18.2. The average Bonchev–Trinajstić information content (AvgIpc) is 2.61. The second kappa shape index (κ2) is 8.63. The maximum Gasteiger partial charge on any atom is 0.224 e. The third-order valence-corrected chi connectivity index (χ3v) is 4.45. The summed E-state index contributed by atoms with van der Waals surface area (Å²) in [4.78, 5) is 32.4. The first-order valence-electron chi connectivity index (χ1n) is 8.46. The van der Waals surface area contributed by atoms with Crippen molar-refractivity contribution < 1.29 is 9.59 Å². The van der Waals surface area contributed by atoms with Crippen LogP contribution in [0.2, 0.25) is 0 Å². The second-order valence-electron chi connectivity index (χ2n) is 6.24. The molecule has 24 heavy (non-hydrogen) atoms. The third-order valence-electron chi connectivity index (χ3n) is 4.45. The van der Waals surface area contributed by atoms with E-state index >= 15 is 0 Å². The lowest BCUT2D eigenvalue weighted by molar-refractivity contribution is -0.131. The normalized spacial score (nSPS) is 17.3. The number of hydrogen-bond donors (Lipinski definition) is 2. The molecule has 2 atom stereocenters. The van der Waals surface area contributed by atoms with Gasteiger partial charge < -0.3 is 20.9 Å². The highest BCUT2D eigenvalue weighted by Gasteiger charge is 2.22. The van der Waals surface area contributed by atoms with E-state index in [4.69, 9.17) is 5.73 Å². The monoisotopic (exact) mass is 333 g/mol. The van der Waals surface area contributed by atoms with Gasteiger partial charge in [0.1, 0.15) is 5.82 Å². The zero-order valence-electron chi connectivity index (χ0n) is 14.4. The van der Waals surface area contributed by atoms with Gasteiger partial charge in [0.25, 0.3) is 0 Å². The van der Waals surface area contributed by atoms with Crippen LogP contribution in [0.15, 0.2) is 24.4 Å². The van der Waals surface area contributed by atoms with E-state index in [0.29, 0.717) is 26.1 Å². The summed E-state index contributed by atoms with van der Waals surface area (Å²) in [5.74, 6) is 0.672. The molecule has 2 rings (SSSR count). The fourth-order valence-corrected chi connectivity index (χ4v) is 2.58. The largest absolute Gasteiger partial charge is 0.355 e. The van der Waals surface area contributed by atoms with E-state index in [-0.39, 0.29) is 23.8 Å². The smallest absolute Gasteiger partial charge is 0.224 e. The number of hydrogen-bond acceptors (Lipinski definition) is 5. The summed E-state index contributed by atoms with van der Waals surface area (Å²) in [6.07, 6.45) is 2.10. The second-order valence-corrected chi connectivity index (χ2v) is 6.24. The van der Waals surface area contributed by atoms with Crippen molar-refractivity contribution in [1.82, 2.24) is 15.2 Å². The number of rotatable bonds is 6. The maximum atomic E-state index is 12.2. The zero-order valence-corrected chi connectivity index (χ0v) is 14.4. The number of anilines is 1. The Balaban J connectivity index is 1.70. The van der Waals surface area contributed by atoms with Crippen LogP contribution in [-0.2, 0) is 9.59 Å². The lowest BCUT2D eigenvalue weighted by atomic mass is 10.0. The zero-order chi connectivity index (χ0) is 17.5. The molecule has 2 heterocycles. The molecule has 1 aliphatic heterocycles. The Morgan fingerprint density at radius 2 is 1.96 bits per heavy atom. The maximum absolute atomic E-state index is 12.2. The van der Waals surface area contributed by atoms with Crippen LogP contribution in [0.4, 0.5) is 5.82 Å². The van der Waals surface area contributed by atoms with Gasteiger partial charge in [-0.3, -0.25) is 9.59 Å². The third kappa shape index (κ3) is 4.92. The van der Waals surface area contributed by atoms with Crippen LogP contribution < -0.4 is 16.0 Å². The molecule has 1 fully saturated rings. The molecule has 2 unspecified atom stereocenters. The molecule has 0 aromatic carbocycles. The Labute approximate surface area is 143 Å². The number of carbonyl (C=O) groups is 2. The van der Waals surface area contributed by atoms with Gasteiger partial charge in [-0.15, -0.1) is 0 Å². The Morgan fingerprint density at radius 1 is 1.25 bits per heavy atom. The first-order chi connectivity index (χ1) is 11.5. The van der Waals surface area contributed by atoms with Gasteiger partial charge in [0.2, 0.25) is 11.8 Å². The van der Waals surface area contributed by atoms with E-state index in [1.807, 2.05) is 23.1 Å². The minimum atomic E-state index is -0.248. The molecule has 3 N–H and O–H groups in total. The van der Waals surface area contributed by atoms with E-state index in [9.17, 15) is 9.59 Å². The lowest BCUT2D eigenvalue weighted by Crippen LogP contribution is -2.49. The molecular weight excluding hydrogens is 306 g/mol. The minimum Gasteiger partial charge on any atom is -0.355 e. The van der Waals surface area contributed by atoms with E-state index in [0.717, 1.165) is 18.9 Å². The number of aromatic nitrogens is 1. The van der Waals surface area contributed by atoms with Gasteiger partial charge >= 0.3 is 0 Å². The molecule has 1 saturated heterocycles. The number of amides is 2. The van der Waals surface area contributed by atoms with Gasteiger partial charge in [-0.1, -0.05) is 13.0 Å². The Kier molecular flexibility index (Phi) is 6.54. The van der Waals surface area contributed by atoms with Gasteiger partial charge in [-0.25, -0.2) is 4.98 Å². The summed E-state index contributed by atoms with van der Waals surface area (Å²) in [6, 6.07) is 5.64. The molecule has 0 radical (unpaired) electrons. The van der Waals surface area contributed by atoms with Crippen molar-refractivity contribution in [2.75, 3.05) is 37.6 Å². The van der Waals surface area contributed by atoms with Crippen LogP contribution in [0.3, 0.4) is 0 Å². The van der Waals surface area contributed by atoms with Gasteiger partial charge in [-0.05, 0) is 19.1 Å². The van der Waals surface area contributed by atoms with E-state index in [1.54, 1.807) is 20.0 Å². The van der Waals surface area contributed by atoms with Crippen molar-refractivity contribution in [1.29, 1.82) is 0 Å². The molecule has 0 bridgehead atoms. The molecular formula is C17H27N5O2. The predicted molar refractivity (Wildman–Crippen MR) is 93.5 cm³/mol. The van der Waals surface area contributed by atoms with Crippen molar-refractivity contribution in [3.8, 4) is 0 Å². The lowest BCUT2D eigenvalue weighted by Gasteiger charge is -2.35. The fraction of sp³-hybridized carbons (Fsp3) is 0.588. The number of nitrogens with two attached hydrogens (primary N) is 1. The summed E-state index contributed by atoms with van der Waals surface area (Å²) in [5, 5.41) is 2.78. The SMILES string of the molecule is CC(N)C(C)C(=O)NCCC(=O)N1CCN(c2ccccn2)CC1. The Hall–Kier alpha value is -2.15. The van der Waals surface area contributed by atoms with Crippen LogP contribution in [0.1, 0.15) is 20.3 Å². The molecule has 0 spiro atoms. The van der Waals surface area contributed by atoms with Crippen LogP contribution in [-0.4, -0.2) is 60.5 Å². The quantitative estimate of drug-likeness (QED) is 0.777. The van der Waals surface area contributed by atoms with Crippen molar-refractivity contribution in [2.24, 2.45) is 11.7 Å². The molecule has 1 aromatic heterocycles. The van der Waals surface area contributed by atoms with Crippen LogP contribution >= 0.6 is 0 Å². The van der Waals surface area contributed by atoms with Gasteiger partial charge in [0, 0.05) is 57.3 Å². The molecule has 1 aromatic rings. The highest BCUT2D eigenvalue weighted by Crippen LogP contribution is 2.12. The number of nitrogens with one attached hydrogen (secondary N) is 1. The van der Waals surface area contributed by atoms with Crippen molar-refractivity contribution in [3.63, 3.8) is 0 Å². The van der Waals surface area contributed by atoms with Gasteiger partial charge in [-0.2, -0.15) is 0 Å². The van der Waals surface area contributed by atoms with Crippen molar-refractivity contribution in [3.05, 3.63) is 24.4 Å². The summed E-state index contributed by atoms with van der Waals surface area (Å²) in [5.41, 5.74) is 5.70. The number of pyridine rings is 1. The van der Waals surface area contributed by atoms with Crippen LogP contribution in [0.25, 0.3) is 0 Å². The van der Waals surface area contributed by atoms with Gasteiger partial charge in [0.15, 0.2) is 0 Å². The standard InChI is InChI=1S/C17H27N5O2/c1-13(14(2)18)17(24)20-8-6-16(23)22-11-9-21(10-12-22)15-5-3-4-7-19-15/h3-5,7,13-14H,6,8-12,18H2,1-2H3,(H,20,24). The summed E-state index contributed by atoms with van der Waals surface area (Å²) >= 11 is 0. The topological polar surface area (TPSA) is 91.6 Å². The molecule has 7 heteroatoms. The average molecular weight is 333 g/mol. The first-order valence-corrected chi connectivity index (χ1v) is 8.46. The predicted octanol–water partition coefficient (Wildman–Crippen LogP) is 0.220. The summed E-state index contributed by atoms with van der Waals surface area (Å²) < 4.78 is 0. The summed E-state index contributed by atoms with van der Waals surface area (Å²) in [6.45, 7) is 6.86. The number of carbonyl (C=O) groups excluding carboxylic acids is 2. The Bertz CT molecular complexity index is 541. The number of piperazine rings is 1. The van der Waals surface area contributed by atoms with E-state index in [1.165, 1.54) is 0 Å². The number of nitrogens with zero attached hydrogens (tertiary/aromatic N) is 3. The molecule has 1 aliphatic rings. The highest BCUT2D eigenvalue weighted by molar-refractivity contribution is 5.80. The van der Waals surface area contributed by atoms with Crippen molar-refractivity contribution in [2.45, 2.75) is 26.3 Å².